The van der Waals surface area contributed by atoms with Gasteiger partial charge in [-0.05, 0) is 18.2 Å². The van der Waals surface area contributed by atoms with Crippen LogP contribution in [0.25, 0.3) is 0 Å². The number of carbonyl (C=O) groups excluding carboxylic acids is 1. The first kappa shape index (κ1) is 12.8. The van der Waals surface area contributed by atoms with Crippen LogP contribution < -0.4 is 9.47 Å². The fraction of sp³-hybridized carbons (Fsp3) is 0.154. The molecule has 0 bridgehead atoms. The van der Waals surface area contributed by atoms with Crippen LogP contribution in [0.15, 0.2) is 36.7 Å². The molecular weight excluding hydrogens is 248 g/mol. The van der Waals surface area contributed by atoms with Gasteiger partial charge in [0.2, 0.25) is 5.88 Å². The van der Waals surface area contributed by atoms with Crippen molar-refractivity contribution in [1.29, 1.82) is 0 Å². The van der Waals surface area contributed by atoms with Gasteiger partial charge in [-0.15, -0.1) is 0 Å². The predicted molar refractivity (Wildman–Crippen MR) is 66.4 cm³/mol. The molecule has 0 atom stereocenters. The number of esters is 1. The first-order valence-electron chi connectivity index (χ1n) is 5.45. The van der Waals surface area contributed by atoms with E-state index in [0.717, 1.165) is 0 Å². The van der Waals surface area contributed by atoms with E-state index in [9.17, 15) is 4.79 Å². The van der Waals surface area contributed by atoms with Crippen LogP contribution in [0, 0.1) is 0 Å². The van der Waals surface area contributed by atoms with E-state index >= 15 is 0 Å². The van der Waals surface area contributed by atoms with Crippen molar-refractivity contribution in [2.75, 3.05) is 14.2 Å². The van der Waals surface area contributed by atoms with Crippen molar-refractivity contribution >= 4 is 5.97 Å². The highest BCUT2D eigenvalue weighted by molar-refractivity contribution is 5.87. The topological polar surface area (TPSA) is 70.5 Å². The molecule has 6 heteroatoms. The highest BCUT2D eigenvalue weighted by Gasteiger charge is 2.07. The van der Waals surface area contributed by atoms with Crippen molar-refractivity contribution in [3.63, 3.8) is 0 Å². The molecule has 98 valence electrons. The van der Waals surface area contributed by atoms with Crippen molar-refractivity contribution in [3.8, 4) is 17.4 Å². The molecule has 0 N–H and O–H groups in total. The van der Waals surface area contributed by atoms with E-state index in [2.05, 4.69) is 14.7 Å². The van der Waals surface area contributed by atoms with Crippen LogP contribution >= 0.6 is 0 Å². The third kappa shape index (κ3) is 3.19. The number of pyridine rings is 2. The van der Waals surface area contributed by atoms with Gasteiger partial charge >= 0.3 is 5.97 Å². The summed E-state index contributed by atoms with van der Waals surface area (Å²) < 4.78 is 15.0. The fourth-order valence-corrected chi connectivity index (χ4v) is 1.35. The Balaban J connectivity index is 2.08. The van der Waals surface area contributed by atoms with E-state index < -0.39 is 5.97 Å². The highest BCUT2D eigenvalue weighted by atomic mass is 16.5. The monoisotopic (exact) mass is 260 g/mol. The summed E-state index contributed by atoms with van der Waals surface area (Å²) in [6.07, 6.45) is 2.98. The number of ether oxygens (including phenoxy) is 3. The van der Waals surface area contributed by atoms with Crippen LogP contribution in [-0.4, -0.2) is 30.2 Å². The van der Waals surface area contributed by atoms with E-state index in [1.165, 1.54) is 25.6 Å². The molecular formula is C13H12N2O4. The molecule has 0 saturated carbocycles. The molecule has 2 rings (SSSR count). The highest BCUT2D eigenvalue weighted by Crippen LogP contribution is 2.21. The number of rotatable bonds is 4. The minimum atomic E-state index is -0.488. The van der Waals surface area contributed by atoms with Crippen molar-refractivity contribution in [1.82, 2.24) is 9.97 Å². The molecule has 0 spiro atoms. The molecule has 0 radical (unpaired) electrons. The SMILES string of the molecule is COC(=O)c1ccc(Oc2ccc(OC)nc2)cn1. The Morgan fingerprint density at radius 2 is 1.68 bits per heavy atom. The van der Waals surface area contributed by atoms with Crippen molar-refractivity contribution in [2.24, 2.45) is 0 Å². The number of hydrogen-bond acceptors (Lipinski definition) is 6. The van der Waals surface area contributed by atoms with Crippen LogP contribution in [-0.2, 0) is 4.74 Å². The normalized spacial score (nSPS) is 9.79. The number of nitrogens with zero attached hydrogens (tertiary/aromatic N) is 2. The fourth-order valence-electron chi connectivity index (χ4n) is 1.35. The molecule has 0 saturated heterocycles. The number of carbonyl (C=O) groups is 1. The lowest BCUT2D eigenvalue weighted by Gasteiger charge is -2.06. The minimum absolute atomic E-state index is 0.225. The summed E-state index contributed by atoms with van der Waals surface area (Å²) in [6.45, 7) is 0. The van der Waals surface area contributed by atoms with Crippen LogP contribution in [0.1, 0.15) is 10.5 Å². The van der Waals surface area contributed by atoms with Crippen LogP contribution in [0.5, 0.6) is 17.4 Å². The summed E-state index contributed by atoms with van der Waals surface area (Å²) >= 11 is 0. The van der Waals surface area contributed by atoms with Gasteiger partial charge in [0.25, 0.3) is 0 Å². The lowest BCUT2D eigenvalue weighted by molar-refractivity contribution is 0.0594. The first-order valence-corrected chi connectivity index (χ1v) is 5.45. The van der Waals surface area contributed by atoms with Gasteiger partial charge in [0.05, 0.1) is 26.6 Å². The molecule has 0 aromatic carbocycles. The van der Waals surface area contributed by atoms with Gasteiger partial charge in [-0.3, -0.25) is 0 Å². The Bertz CT molecular complexity index is 552. The second-order valence-electron chi connectivity index (χ2n) is 3.51. The molecule has 0 aliphatic rings. The third-order valence-electron chi connectivity index (χ3n) is 2.28. The van der Waals surface area contributed by atoms with Gasteiger partial charge in [-0.2, -0.15) is 0 Å². The van der Waals surface area contributed by atoms with Gasteiger partial charge in [0.15, 0.2) is 0 Å². The van der Waals surface area contributed by atoms with E-state index in [4.69, 9.17) is 9.47 Å². The maximum Gasteiger partial charge on any atom is 0.356 e. The quantitative estimate of drug-likeness (QED) is 0.784. The summed E-state index contributed by atoms with van der Waals surface area (Å²) in [5, 5.41) is 0. The van der Waals surface area contributed by atoms with E-state index in [-0.39, 0.29) is 5.69 Å². The van der Waals surface area contributed by atoms with Crippen molar-refractivity contribution in [2.45, 2.75) is 0 Å². The van der Waals surface area contributed by atoms with Gasteiger partial charge < -0.3 is 14.2 Å². The van der Waals surface area contributed by atoms with E-state index in [1.807, 2.05) is 0 Å². The molecule has 0 fully saturated rings. The molecule has 0 amide bonds. The lowest BCUT2D eigenvalue weighted by Crippen LogP contribution is -2.03. The first-order chi connectivity index (χ1) is 9.22. The Kier molecular flexibility index (Phi) is 3.92. The summed E-state index contributed by atoms with van der Waals surface area (Å²) in [5.74, 6) is 1.07. The maximum absolute atomic E-state index is 11.2. The maximum atomic E-state index is 11.2. The summed E-state index contributed by atoms with van der Waals surface area (Å²) in [5.41, 5.74) is 0.225. The second kappa shape index (κ2) is 5.81. The zero-order chi connectivity index (χ0) is 13.7. The Hall–Kier alpha value is -2.63. The summed E-state index contributed by atoms with van der Waals surface area (Å²) in [6, 6.07) is 6.56. The van der Waals surface area contributed by atoms with Gasteiger partial charge in [-0.25, -0.2) is 14.8 Å². The van der Waals surface area contributed by atoms with Gasteiger partial charge in [-0.1, -0.05) is 0 Å². The van der Waals surface area contributed by atoms with Crippen molar-refractivity contribution < 1.29 is 19.0 Å². The Labute approximate surface area is 110 Å². The third-order valence-corrected chi connectivity index (χ3v) is 2.28. The standard InChI is InChI=1S/C13H12N2O4/c1-17-12-6-4-10(8-15-12)19-9-3-5-11(14-7-9)13(16)18-2/h3-8H,1-2H3. The van der Waals surface area contributed by atoms with Crippen LogP contribution in [0.3, 0.4) is 0 Å². The molecule has 6 nitrogen and oxygen atoms in total. The van der Waals surface area contributed by atoms with Crippen LogP contribution in [0.4, 0.5) is 0 Å². The lowest BCUT2D eigenvalue weighted by atomic mass is 10.3. The van der Waals surface area contributed by atoms with Gasteiger partial charge in [0.1, 0.15) is 17.2 Å². The Morgan fingerprint density at radius 1 is 1.00 bits per heavy atom. The number of aromatic nitrogens is 2. The second-order valence-corrected chi connectivity index (χ2v) is 3.51. The molecule has 2 heterocycles. The molecule has 2 aromatic heterocycles. The zero-order valence-electron chi connectivity index (χ0n) is 10.5. The van der Waals surface area contributed by atoms with Crippen LogP contribution in [0.2, 0.25) is 0 Å². The average molecular weight is 260 g/mol. The molecule has 0 aliphatic carbocycles. The number of hydrogen-bond donors (Lipinski definition) is 0. The largest absolute Gasteiger partial charge is 0.481 e. The van der Waals surface area contributed by atoms with E-state index in [0.29, 0.717) is 17.4 Å². The summed E-state index contributed by atoms with van der Waals surface area (Å²) in [7, 11) is 2.84. The predicted octanol–water partition coefficient (Wildman–Crippen LogP) is 2.06. The zero-order valence-corrected chi connectivity index (χ0v) is 10.5. The molecule has 0 unspecified atom stereocenters. The Morgan fingerprint density at radius 3 is 2.16 bits per heavy atom. The summed E-state index contributed by atoms with van der Waals surface area (Å²) in [4.78, 5) is 19.1. The minimum Gasteiger partial charge on any atom is -0.481 e. The smallest absolute Gasteiger partial charge is 0.356 e. The number of methoxy groups -OCH3 is 2. The molecule has 2 aromatic rings. The van der Waals surface area contributed by atoms with E-state index in [1.54, 1.807) is 25.3 Å². The molecule has 0 aliphatic heterocycles. The molecule has 19 heavy (non-hydrogen) atoms. The average Bonchev–Trinajstić information content (AvgIpc) is 2.48. The van der Waals surface area contributed by atoms with Crippen molar-refractivity contribution in [3.05, 3.63) is 42.4 Å². The van der Waals surface area contributed by atoms with Gasteiger partial charge in [0, 0.05) is 6.07 Å².